The standard InChI is InChI=1S/C20H22N2O5/c1-13(21-20(25)22-16-7-5-4-6-8-16)19(24)27-14(2)18(23)15-9-11-17(26-3)12-10-15/h4-14H,1-3H3,(H2,21,22,25)/t13-,14+/m0/s1. The van der Waals surface area contributed by atoms with Gasteiger partial charge in [-0.25, -0.2) is 9.59 Å². The molecule has 0 saturated carbocycles. The van der Waals surface area contributed by atoms with Gasteiger partial charge < -0.3 is 20.1 Å². The zero-order chi connectivity index (χ0) is 19.8. The second-order valence-electron chi connectivity index (χ2n) is 5.86. The van der Waals surface area contributed by atoms with Gasteiger partial charge in [-0.05, 0) is 50.2 Å². The van der Waals surface area contributed by atoms with Gasteiger partial charge in [-0.2, -0.15) is 0 Å². The average Bonchev–Trinajstić information content (AvgIpc) is 2.68. The lowest BCUT2D eigenvalue weighted by Crippen LogP contribution is -2.43. The molecule has 0 aliphatic rings. The first kappa shape index (κ1) is 20.0. The fraction of sp³-hybridized carbons (Fsp3) is 0.250. The molecule has 0 fully saturated rings. The van der Waals surface area contributed by atoms with E-state index in [1.54, 1.807) is 48.5 Å². The smallest absolute Gasteiger partial charge is 0.329 e. The maximum atomic E-state index is 12.3. The Morgan fingerprint density at radius 2 is 1.56 bits per heavy atom. The lowest BCUT2D eigenvalue weighted by molar-refractivity contribution is -0.148. The first-order valence-electron chi connectivity index (χ1n) is 8.42. The number of ketones is 1. The summed E-state index contributed by atoms with van der Waals surface area (Å²) < 4.78 is 10.2. The van der Waals surface area contributed by atoms with Crippen LogP contribution in [0.15, 0.2) is 54.6 Å². The van der Waals surface area contributed by atoms with Crippen molar-refractivity contribution in [2.75, 3.05) is 12.4 Å². The second kappa shape index (κ2) is 9.38. The molecular formula is C20H22N2O5. The van der Waals surface area contributed by atoms with Gasteiger partial charge in [-0.3, -0.25) is 4.79 Å². The summed E-state index contributed by atoms with van der Waals surface area (Å²) in [5.41, 5.74) is 0.997. The Kier molecular flexibility index (Phi) is 6.93. The molecule has 27 heavy (non-hydrogen) atoms. The zero-order valence-corrected chi connectivity index (χ0v) is 15.4. The highest BCUT2D eigenvalue weighted by atomic mass is 16.5. The Balaban J connectivity index is 1.86. The number of benzene rings is 2. The molecule has 0 aliphatic heterocycles. The fourth-order valence-electron chi connectivity index (χ4n) is 2.26. The van der Waals surface area contributed by atoms with Gasteiger partial charge in [0.1, 0.15) is 11.8 Å². The molecule has 142 valence electrons. The van der Waals surface area contributed by atoms with E-state index in [4.69, 9.17) is 9.47 Å². The van der Waals surface area contributed by atoms with Gasteiger partial charge in [0.25, 0.3) is 0 Å². The summed E-state index contributed by atoms with van der Waals surface area (Å²) in [6.07, 6.45) is -0.979. The molecule has 0 saturated heterocycles. The van der Waals surface area contributed by atoms with Crippen LogP contribution >= 0.6 is 0 Å². The minimum atomic E-state index is -0.979. The number of amides is 2. The maximum Gasteiger partial charge on any atom is 0.329 e. The highest BCUT2D eigenvalue weighted by Crippen LogP contribution is 2.14. The number of carbonyl (C=O) groups is 3. The predicted molar refractivity (Wildman–Crippen MR) is 101 cm³/mol. The molecule has 2 rings (SSSR count). The van der Waals surface area contributed by atoms with Crippen LogP contribution < -0.4 is 15.4 Å². The van der Waals surface area contributed by atoms with Gasteiger partial charge in [0.15, 0.2) is 6.10 Å². The number of ether oxygens (including phenoxy) is 2. The summed E-state index contributed by atoms with van der Waals surface area (Å²) >= 11 is 0. The third-order valence-corrected chi connectivity index (χ3v) is 3.77. The van der Waals surface area contributed by atoms with E-state index < -0.39 is 24.1 Å². The molecule has 0 aromatic heterocycles. The quantitative estimate of drug-likeness (QED) is 0.577. The van der Waals surface area contributed by atoms with Crippen LogP contribution in [-0.4, -0.2) is 37.0 Å². The fourth-order valence-corrected chi connectivity index (χ4v) is 2.26. The highest BCUT2D eigenvalue weighted by molar-refractivity contribution is 6.00. The molecular weight excluding hydrogens is 348 g/mol. The molecule has 0 spiro atoms. The van der Waals surface area contributed by atoms with Crippen molar-refractivity contribution in [3.8, 4) is 5.75 Å². The predicted octanol–water partition coefficient (Wildman–Crippen LogP) is 3.02. The average molecular weight is 370 g/mol. The monoisotopic (exact) mass is 370 g/mol. The largest absolute Gasteiger partial charge is 0.497 e. The van der Waals surface area contributed by atoms with Crippen molar-refractivity contribution in [2.45, 2.75) is 26.0 Å². The number of rotatable bonds is 7. The van der Waals surface area contributed by atoms with Crippen LogP contribution in [0.25, 0.3) is 0 Å². The first-order chi connectivity index (χ1) is 12.9. The molecule has 0 radical (unpaired) electrons. The molecule has 0 aliphatic carbocycles. The Morgan fingerprint density at radius 3 is 2.15 bits per heavy atom. The molecule has 7 heteroatoms. The van der Waals surface area contributed by atoms with Gasteiger partial charge in [0.05, 0.1) is 7.11 Å². The van der Waals surface area contributed by atoms with E-state index in [1.807, 2.05) is 6.07 Å². The Bertz CT molecular complexity index is 790. The Labute approximate surface area is 157 Å². The van der Waals surface area contributed by atoms with E-state index >= 15 is 0 Å². The van der Waals surface area contributed by atoms with Crippen molar-refractivity contribution in [3.05, 3.63) is 60.2 Å². The summed E-state index contributed by atoms with van der Waals surface area (Å²) in [6, 6.07) is 13.9. The first-order valence-corrected chi connectivity index (χ1v) is 8.42. The summed E-state index contributed by atoms with van der Waals surface area (Å²) in [7, 11) is 1.53. The molecule has 2 amide bonds. The number of anilines is 1. The van der Waals surface area contributed by atoms with Crippen molar-refractivity contribution < 1.29 is 23.9 Å². The minimum Gasteiger partial charge on any atom is -0.497 e. The molecule has 2 aromatic rings. The summed E-state index contributed by atoms with van der Waals surface area (Å²) in [4.78, 5) is 36.4. The number of para-hydroxylation sites is 1. The molecule has 0 unspecified atom stereocenters. The van der Waals surface area contributed by atoms with Crippen molar-refractivity contribution in [1.82, 2.24) is 5.32 Å². The molecule has 0 bridgehead atoms. The number of urea groups is 1. The number of nitrogens with one attached hydrogen (secondary N) is 2. The minimum absolute atomic E-state index is 0.341. The van der Waals surface area contributed by atoms with E-state index in [0.29, 0.717) is 17.0 Å². The van der Waals surface area contributed by atoms with Crippen molar-refractivity contribution >= 4 is 23.5 Å². The maximum absolute atomic E-state index is 12.3. The van der Waals surface area contributed by atoms with E-state index in [0.717, 1.165) is 0 Å². The van der Waals surface area contributed by atoms with Crippen LogP contribution in [0.3, 0.4) is 0 Å². The lowest BCUT2D eigenvalue weighted by atomic mass is 10.1. The molecule has 2 N–H and O–H groups in total. The van der Waals surface area contributed by atoms with E-state index in [2.05, 4.69) is 10.6 Å². The van der Waals surface area contributed by atoms with Crippen molar-refractivity contribution in [2.24, 2.45) is 0 Å². The number of Topliss-reactive ketones (excluding diaryl/α,β-unsaturated/α-hetero) is 1. The number of carbonyl (C=O) groups excluding carboxylic acids is 3. The molecule has 2 atom stereocenters. The van der Waals surface area contributed by atoms with E-state index in [9.17, 15) is 14.4 Å². The second-order valence-corrected chi connectivity index (χ2v) is 5.86. The molecule has 7 nitrogen and oxygen atoms in total. The van der Waals surface area contributed by atoms with Crippen LogP contribution in [0, 0.1) is 0 Å². The van der Waals surface area contributed by atoms with Crippen molar-refractivity contribution in [3.63, 3.8) is 0 Å². The van der Waals surface area contributed by atoms with Gasteiger partial charge in [-0.1, -0.05) is 18.2 Å². The number of methoxy groups -OCH3 is 1. The number of hydrogen-bond donors (Lipinski definition) is 2. The van der Waals surface area contributed by atoms with Crippen LogP contribution in [-0.2, 0) is 9.53 Å². The van der Waals surface area contributed by atoms with Gasteiger partial charge in [-0.15, -0.1) is 0 Å². The summed E-state index contributed by atoms with van der Waals surface area (Å²) in [5.74, 6) is -0.419. The van der Waals surface area contributed by atoms with Crippen LogP contribution in [0.4, 0.5) is 10.5 Å². The zero-order valence-electron chi connectivity index (χ0n) is 15.4. The van der Waals surface area contributed by atoms with Crippen LogP contribution in [0.1, 0.15) is 24.2 Å². The molecule has 2 aromatic carbocycles. The van der Waals surface area contributed by atoms with E-state index in [1.165, 1.54) is 21.0 Å². The summed E-state index contributed by atoms with van der Waals surface area (Å²) in [5, 5.41) is 5.08. The Morgan fingerprint density at radius 1 is 0.926 bits per heavy atom. The highest BCUT2D eigenvalue weighted by Gasteiger charge is 2.24. The van der Waals surface area contributed by atoms with Gasteiger partial charge in [0, 0.05) is 11.3 Å². The number of hydrogen-bond acceptors (Lipinski definition) is 5. The van der Waals surface area contributed by atoms with Crippen LogP contribution in [0.5, 0.6) is 5.75 Å². The van der Waals surface area contributed by atoms with E-state index in [-0.39, 0.29) is 5.78 Å². The van der Waals surface area contributed by atoms with Gasteiger partial charge >= 0.3 is 12.0 Å². The van der Waals surface area contributed by atoms with Crippen LogP contribution in [0.2, 0.25) is 0 Å². The normalized spacial score (nSPS) is 12.4. The lowest BCUT2D eigenvalue weighted by Gasteiger charge is -2.17. The molecule has 0 heterocycles. The van der Waals surface area contributed by atoms with Gasteiger partial charge in [0.2, 0.25) is 5.78 Å². The SMILES string of the molecule is COc1ccc(C(=O)[C@@H](C)OC(=O)[C@H](C)NC(=O)Nc2ccccc2)cc1. The third kappa shape index (κ3) is 5.85. The third-order valence-electron chi connectivity index (χ3n) is 3.77. The number of esters is 1. The topological polar surface area (TPSA) is 93.7 Å². The Hall–Kier alpha value is -3.35. The summed E-state index contributed by atoms with van der Waals surface area (Å²) in [6.45, 7) is 2.97. The van der Waals surface area contributed by atoms with Crippen molar-refractivity contribution in [1.29, 1.82) is 0 Å².